The van der Waals surface area contributed by atoms with Crippen LogP contribution in [0.3, 0.4) is 0 Å². The molecule has 0 saturated carbocycles. The summed E-state index contributed by atoms with van der Waals surface area (Å²) < 4.78 is 8.37. The molecule has 0 spiro atoms. The van der Waals surface area contributed by atoms with Crippen LogP contribution >= 0.6 is 0 Å². The number of nitrogens with one attached hydrogen (secondary N) is 2. The highest BCUT2D eigenvalue weighted by Crippen LogP contribution is 2.26. The molecule has 5 rings (SSSR count). The van der Waals surface area contributed by atoms with Crippen molar-refractivity contribution >= 4 is 11.8 Å². The molecule has 0 saturated heterocycles. The van der Waals surface area contributed by atoms with Crippen LogP contribution in [0.1, 0.15) is 71.7 Å². The topological polar surface area (TPSA) is 101 Å². The molecule has 9 heteroatoms. The SMILES string of the molecule is O=C1CN(Cc2ccccc2)Cc2c(cccc2C(=O)NCc2nnc3n2CCCCC3)OCCCCCN1. The molecule has 2 N–H and O–H groups in total. The Morgan fingerprint density at radius 1 is 0.949 bits per heavy atom. The van der Waals surface area contributed by atoms with Crippen LogP contribution in [-0.4, -0.2) is 51.2 Å². The zero-order valence-electron chi connectivity index (χ0n) is 22.5. The summed E-state index contributed by atoms with van der Waals surface area (Å²) in [6.45, 7) is 3.64. The predicted molar refractivity (Wildman–Crippen MR) is 148 cm³/mol. The van der Waals surface area contributed by atoms with E-state index in [2.05, 4.69) is 42.4 Å². The van der Waals surface area contributed by atoms with Crippen LogP contribution in [0.5, 0.6) is 5.75 Å². The Labute approximate surface area is 229 Å². The maximum Gasteiger partial charge on any atom is 0.252 e. The first-order valence-corrected chi connectivity index (χ1v) is 14.1. The fourth-order valence-corrected chi connectivity index (χ4v) is 5.31. The molecule has 39 heavy (non-hydrogen) atoms. The first kappa shape index (κ1) is 26.9. The number of amides is 2. The largest absolute Gasteiger partial charge is 0.493 e. The van der Waals surface area contributed by atoms with Crippen LogP contribution in [-0.2, 0) is 37.4 Å². The van der Waals surface area contributed by atoms with Crippen LogP contribution in [0.15, 0.2) is 48.5 Å². The Kier molecular flexibility index (Phi) is 9.21. The van der Waals surface area contributed by atoms with E-state index in [1.165, 1.54) is 6.42 Å². The number of nitrogens with zero attached hydrogens (tertiary/aromatic N) is 4. The van der Waals surface area contributed by atoms with Crippen LogP contribution in [0.4, 0.5) is 0 Å². The minimum atomic E-state index is -0.185. The molecule has 2 aromatic carbocycles. The Morgan fingerprint density at radius 3 is 2.72 bits per heavy atom. The van der Waals surface area contributed by atoms with E-state index in [1.807, 2.05) is 36.4 Å². The van der Waals surface area contributed by atoms with E-state index in [-0.39, 0.29) is 18.4 Å². The van der Waals surface area contributed by atoms with Gasteiger partial charge in [0.1, 0.15) is 11.6 Å². The molecule has 3 heterocycles. The molecule has 0 unspecified atom stereocenters. The van der Waals surface area contributed by atoms with Crippen molar-refractivity contribution in [2.75, 3.05) is 19.7 Å². The van der Waals surface area contributed by atoms with Gasteiger partial charge in [-0.15, -0.1) is 10.2 Å². The van der Waals surface area contributed by atoms with E-state index >= 15 is 0 Å². The van der Waals surface area contributed by atoms with Gasteiger partial charge < -0.3 is 19.9 Å². The first-order chi connectivity index (χ1) is 19.2. The van der Waals surface area contributed by atoms with Gasteiger partial charge in [0.15, 0.2) is 5.82 Å². The predicted octanol–water partition coefficient (Wildman–Crippen LogP) is 3.62. The molecule has 1 aromatic heterocycles. The second-order valence-corrected chi connectivity index (χ2v) is 10.3. The second kappa shape index (κ2) is 13.4. The fraction of sp³-hybridized carbons (Fsp3) is 0.467. The van der Waals surface area contributed by atoms with Crippen molar-refractivity contribution < 1.29 is 14.3 Å². The van der Waals surface area contributed by atoms with Crippen molar-refractivity contribution in [3.05, 3.63) is 76.9 Å². The number of aryl methyl sites for hydroxylation is 1. The lowest BCUT2D eigenvalue weighted by molar-refractivity contribution is -0.122. The van der Waals surface area contributed by atoms with Gasteiger partial charge in [0.2, 0.25) is 5.91 Å². The monoisotopic (exact) mass is 530 g/mol. The minimum absolute atomic E-state index is 0.0120. The number of ether oxygens (including phenoxy) is 1. The van der Waals surface area contributed by atoms with E-state index < -0.39 is 0 Å². The Bertz CT molecular complexity index is 1260. The van der Waals surface area contributed by atoms with E-state index in [9.17, 15) is 9.59 Å². The fourth-order valence-electron chi connectivity index (χ4n) is 5.31. The number of aromatic nitrogens is 3. The second-order valence-electron chi connectivity index (χ2n) is 10.3. The van der Waals surface area contributed by atoms with Crippen molar-refractivity contribution in [1.82, 2.24) is 30.3 Å². The average Bonchev–Trinajstić information content (AvgIpc) is 3.17. The number of carbonyl (C=O) groups excluding carboxylic acids is 2. The Hall–Kier alpha value is -3.72. The van der Waals surface area contributed by atoms with Gasteiger partial charge in [-0.25, -0.2) is 0 Å². The van der Waals surface area contributed by atoms with E-state index in [1.54, 1.807) is 0 Å². The quantitative estimate of drug-likeness (QED) is 0.523. The molecule has 0 fully saturated rings. The van der Waals surface area contributed by atoms with Crippen LogP contribution in [0, 0.1) is 0 Å². The number of fused-ring (bicyclic) bond motifs is 2. The standard InChI is InChI=1S/C30H38N6O3/c37-29-22-35(20-23-11-4-1-5-12-23)21-25-24(13-10-14-26(25)39-18-9-3-7-16-31-29)30(38)32-19-28-34-33-27-15-6-2-8-17-36(27)28/h1,4-5,10-14H,2-3,6-9,15-22H2,(H,31,37)(H,32,38). The summed E-state index contributed by atoms with van der Waals surface area (Å²) >= 11 is 0. The van der Waals surface area contributed by atoms with Crippen LogP contribution in [0.2, 0.25) is 0 Å². The summed E-state index contributed by atoms with van der Waals surface area (Å²) in [5.41, 5.74) is 2.45. The van der Waals surface area contributed by atoms with Crippen LogP contribution in [0.25, 0.3) is 0 Å². The molecule has 2 amide bonds. The highest BCUT2D eigenvalue weighted by molar-refractivity contribution is 5.96. The van der Waals surface area contributed by atoms with Gasteiger partial charge in [0, 0.05) is 43.7 Å². The normalized spacial score (nSPS) is 17.2. The Balaban J connectivity index is 1.39. The van der Waals surface area contributed by atoms with E-state index in [0.717, 1.165) is 67.8 Å². The number of benzene rings is 2. The van der Waals surface area contributed by atoms with Gasteiger partial charge in [-0.3, -0.25) is 14.5 Å². The molecule has 9 nitrogen and oxygen atoms in total. The third-order valence-corrected chi connectivity index (χ3v) is 7.37. The number of rotatable bonds is 5. The summed E-state index contributed by atoms with van der Waals surface area (Å²) in [5.74, 6) is 2.28. The molecule has 0 aliphatic carbocycles. The van der Waals surface area contributed by atoms with Gasteiger partial charge in [-0.05, 0) is 49.8 Å². The number of hydrogen-bond donors (Lipinski definition) is 2. The molecule has 0 radical (unpaired) electrons. The summed E-state index contributed by atoms with van der Waals surface area (Å²) in [7, 11) is 0. The number of hydrogen-bond acceptors (Lipinski definition) is 6. The third-order valence-electron chi connectivity index (χ3n) is 7.37. The summed E-state index contributed by atoms with van der Waals surface area (Å²) in [4.78, 5) is 28.5. The molecule has 2 aliphatic heterocycles. The minimum Gasteiger partial charge on any atom is -0.493 e. The van der Waals surface area contributed by atoms with Crippen molar-refractivity contribution in [1.29, 1.82) is 0 Å². The summed E-state index contributed by atoms with van der Waals surface area (Å²) in [5, 5.41) is 14.8. The lowest BCUT2D eigenvalue weighted by atomic mass is 10.0. The lowest BCUT2D eigenvalue weighted by Crippen LogP contribution is -2.37. The molecular formula is C30H38N6O3. The zero-order chi connectivity index (χ0) is 26.9. The molecule has 0 bridgehead atoms. The van der Waals surface area contributed by atoms with Gasteiger partial charge in [0.05, 0.1) is 19.7 Å². The van der Waals surface area contributed by atoms with Crippen molar-refractivity contribution in [3.63, 3.8) is 0 Å². The zero-order valence-corrected chi connectivity index (χ0v) is 22.5. The highest BCUT2D eigenvalue weighted by atomic mass is 16.5. The summed E-state index contributed by atoms with van der Waals surface area (Å²) in [6, 6.07) is 15.7. The smallest absolute Gasteiger partial charge is 0.252 e. The first-order valence-electron chi connectivity index (χ1n) is 14.1. The molecule has 2 aliphatic rings. The van der Waals surface area contributed by atoms with Gasteiger partial charge in [0.25, 0.3) is 5.91 Å². The third kappa shape index (κ3) is 7.23. The van der Waals surface area contributed by atoms with Gasteiger partial charge >= 0.3 is 0 Å². The lowest BCUT2D eigenvalue weighted by Gasteiger charge is -2.24. The molecule has 3 aromatic rings. The summed E-state index contributed by atoms with van der Waals surface area (Å²) in [6.07, 6.45) is 7.09. The van der Waals surface area contributed by atoms with Crippen molar-refractivity contribution in [2.24, 2.45) is 0 Å². The number of carbonyl (C=O) groups is 2. The molecule has 0 atom stereocenters. The molecular weight excluding hydrogens is 492 g/mol. The van der Waals surface area contributed by atoms with Gasteiger partial charge in [-0.2, -0.15) is 0 Å². The highest BCUT2D eigenvalue weighted by Gasteiger charge is 2.22. The van der Waals surface area contributed by atoms with Crippen molar-refractivity contribution in [2.45, 2.75) is 71.1 Å². The van der Waals surface area contributed by atoms with E-state index in [4.69, 9.17) is 4.74 Å². The average molecular weight is 531 g/mol. The van der Waals surface area contributed by atoms with Crippen LogP contribution < -0.4 is 15.4 Å². The van der Waals surface area contributed by atoms with Crippen molar-refractivity contribution in [3.8, 4) is 5.75 Å². The van der Waals surface area contributed by atoms with Gasteiger partial charge in [-0.1, -0.05) is 42.8 Å². The Morgan fingerprint density at radius 2 is 1.82 bits per heavy atom. The molecule has 206 valence electrons. The van der Waals surface area contributed by atoms with E-state index in [0.29, 0.717) is 44.1 Å². The maximum absolute atomic E-state index is 13.6. The maximum atomic E-state index is 13.6.